The second-order valence-corrected chi connectivity index (χ2v) is 7.06. The topological polar surface area (TPSA) is 80.3 Å². The summed E-state index contributed by atoms with van der Waals surface area (Å²) in [4.78, 5) is 28.4. The molecule has 0 bridgehead atoms. The highest BCUT2D eigenvalue weighted by Gasteiger charge is 2.13. The normalized spacial score (nSPS) is 10.4. The molecule has 0 fully saturated rings. The molecule has 2 amide bonds. The van der Waals surface area contributed by atoms with Crippen LogP contribution in [0.1, 0.15) is 17.4 Å². The molecule has 144 valence electrons. The van der Waals surface area contributed by atoms with Crippen molar-refractivity contribution >= 4 is 40.4 Å². The molecule has 0 radical (unpaired) electrons. The highest BCUT2D eigenvalue weighted by molar-refractivity contribution is 7.13. The molecule has 0 saturated heterocycles. The Kier molecular flexibility index (Phi) is 6.62. The molecule has 0 spiro atoms. The van der Waals surface area contributed by atoms with Crippen LogP contribution in [0.3, 0.4) is 0 Å². The number of ether oxygens (including phenoxy) is 1. The van der Waals surface area contributed by atoms with E-state index in [9.17, 15) is 9.59 Å². The number of benzene rings is 2. The van der Waals surface area contributed by atoms with Gasteiger partial charge in [0.2, 0.25) is 0 Å². The Morgan fingerprint density at radius 1 is 1.18 bits per heavy atom. The Bertz CT molecular complexity index is 973. The second-order valence-electron chi connectivity index (χ2n) is 5.77. The first-order chi connectivity index (χ1) is 13.5. The summed E-state index contributed by atoms with van der Waals surface area (Å²) < 4.78 is 5.43. The summed E-state index contributed by atoms with van der Waals surface area (Å²) in [6, 6.07) is 14.1. The largest absolute Gasteiger partial charge is 0.484 e. The summed E-state index contributed by atoms with van der Waals surface area (Å²) in [5.74, 6) is -0.0318. The molecule has 2 N–H and O–H groups in total. The molecule has 8 heteroatoms. The van der Waals surface area contributed by atoms with Gasteiger partial charge in [0.15, 0.2) is 6.61 Å². The molecule has 0 unspecified atom stereocenters. The van der Waals surface area contributed by atoms with Crippen LogP contribution >= 0.6 is 22.9 Å². The van der Waals surface area contributed by atoms with Crippen molar-refractivity contribution in [2.45, 2.75) is 6.92 Å². The molecule has 0 aliphatic carbocycles. The van der Waals surface area contributed by atoms with Gasteiger partial charge in [-0.1, -0.05) is 29.8 Å². The Hall–Kier alpha value is -2.90. The number of hydrogen-bond acceptors (Lipinski definition) is 5. The van der Waals surface area contributed by atoms with Crippen molar-refractivity contribution in [3.05, 3.63) is 64.6 Å². The molecular formula is C20H18ClN3O3S. The highest BCUT2D eigenvalue weighted by Crippen LogP contribution is 2.26. The third-order valence-corrected chi connectivity index (χ3v) is 4.81. The maximum Gasteiger partial charge on any atom is 0.275 e. The van der Waals surface area contributed by atoms with Gasteiger partial charge in [0.1, 0.15) is 16.5 Å². The Balaban J connectivity index is 1.64. The molecule has 1 aromatic heterocycles. The van der Waals surface area contributed by atoms with E-state index in [2.05, 4.69) is 15.6 Å². The van der Waals surface area contributed by atoms with E-state index >= 15 is 0 Å². The minimum atomic E-state index is -0.322. The van der Waals surface area contributed by atoms with Crippen molar-refractivity contribution in [1.82, 2.24) is 10.3 Å². The number of thiazole rings is 1. The minimum absolute atomic E-state index is 0.0816. The number of aromatic nitrogens is 1. The smallest absolute Gasteiger partial charge is 0.275 e. The van der Waals surface area contributed by atoms with E-state index in [4.69, 9.17) is 16.3 Å². The lowest BCUT2D eigenvalue weighted by Crippen LogP contribution is -2.28. The zero-order valence-corrected chi connectivity index (χ0v) is 16.6. The SMILES string of the molecule is CCNC(=O)COc1cccc(NC(=O)c2csc(-c3ccc(Cl)cc3)n2)c1. The van der Waals surface area contributed by atoms with Crippen LogP contribution in [0.4, 0.5) is 5.69 Å². The van der Waals surface area contributed by atoms with Gasteiger partial charge in [0, 0.05) is 34.3 Å². The van der Waals surface area contributed by atoms with Gasteiger partial charge in [-0.15, -0.1) is 11.3 Å². The monoisotopic (exact) mass is 415 g/mol. The lowest BCUT2D eigenvalue weighted by atomic mass is 10.2. The van der Waals surface area contributed by atoms with Crippen molar-refractivity contribution < 1.29 is 14.3 Å². The van der Waals surface area contributed by atoms with Gasteiger partial charge in [-0.25, -0.2) is 4.98 Å². The fourth-order valence-corrected chi connectivity index (χ4v) is 3.29. The highest BCUT2D eigenvalue weighted by atomic mass is 35.5. The van der Waals surface area contributed by atoms with Gasteiger partial charge in [0.25, 0.3) is 11.8 Å². The maximum absolute atomic E-state index is 12.5. The molecule has 0 atom stereocenters. The van der Waals surface area contributed by atoms with Gasteiger partial charge in [0.05, 0.1) is 0 Å². The van der Waals surface area contributed by atoms with E-state index in [1.54, 1.807) is 41.8 Å². The van der Waals surface area contributed by atoms with Crippen LogP contribution in [0.15, 0.2) is 53.9 Å². The average Bonchev–Trinajstić information content (AvgIpc) is 3.18. The van der Waals surface area contributed by atoms with Gasteiger partial charge >= 0.3 is 0 Å². The first-order valence-electron chi connectivity index (χ1n) is 8.57. The number of anilines is 1. The van der Waals surface area contributed by atoms with Gasteiger partial charge in [-0.05, 0) is 31.2 Å². The zero-order chi connectivity index (χ0) is 19.9. The van der Waals surface area contributed by atoms with Crippen molar-refractivity contribution in [2.75, 3.05) is 18.5 Å². The molecule has 3 rings (SSSR count). The Labute approximate surface area is 171 Å². The van der Waals surface area contributed by atoms with E-state index in [1.165, 1.54) is 11.3 Å². The van der Waals surface area contributed by atoms with E-state index in [-0.39, 0.29) is 18.4 Å². The van der Waals surface area contributed by atoms with Crippen LogP contribution in [0.5, 0.6) is 5.75 Å². The number of rotatable bonds is 7. The lowest BCUT2D eigenvalue weighted by Gasteiger charge is -2.08. The summed E-state index contributed by atoms with van der Waals surface area (Å²) in [6.45, 7) is 2.30. The molecule has 0 aliphatic rings. The van der Waals surface area contributed by atoms with E-state index in [1.807, 2.05) is 19.1 Å². The molecule has 0 saturated carbocycles. The second kappa shape index (κ2) is 9.34. The summed E-state index contributed by atoms with van der Waals surface area (Å²) in [5.41, 5.74) is 1.78. The number of carbonyl (C=O) groups excluding carboxylic acids is 2. The molecule has 28 heavy (non-hydrogen) atoms. The molecular weight excluding hydrogens is 398 g/mol. The Morgan fingerprint density at radius 2 is 1.96 bits per heavy atom. The lowest BCUT2D eigenvalue weighted by molar-refractivity contribution is -0.122. The first-order valence-corrected chi connectivity index (χ1v) is 9.83. The van der Waals surface area contributed by atoms with Crippen molar-refractivity contribution in [2.24, 2.45) is 0 Å². The molecule has 2 aromatic carbocycles. The third kappa shape index (κ3) is 5.31. The standard InChI is InChI=1S/C20H18ClN3O3S/c1-2-22-18(25)11-27-16-5-3-4-15(10-16)23-19(26)17-12-28-20(24-17)13-6-8-14(21)9-7-13/h3-10,12H,2,11H2,1H3,(H,22,25)(H,23,26). The predicted molar refractivity (Wildman–Crippen MR) is 111 cm³/mol. The van der Waals surface area contributed by atoms with Crippen molar-refractivity contribution in [1.29, 1.82) is 0 Å². The van der Waals surface area contributed by atoms with Gasteiger partial charge in [-0.3, -0.25) is 9.59 Å². The van der Waals surface area contributed by atoms with Gasteiger partial charge < -0.3 is 15.4 Å². The third-order valence-electron chi connectivity index (χ3n) is 3.66. The number of nitrogens with zero attached hydrogens (tertiary/aromatic N) is 1. The summed E-state index contributed by atoms with van der Waals surface area (Å²) in [5, 5.41) is 8.53. The van der Waals surface area contributed by atoms with Crippen LogP contribution < -0.4 is 15.4 Å². The van der Waals surface area contributed by atoms with Crippen molar-refractivity contribution in [3.63, 3.8) is 0 Å². The van der Waals surface area contributed by atoms with Crippen LogP contribution in [0.25, 0.3) is 10.6 Å². The van der Waals surface area contributed by atoms with Crippen LogP contribution in [0, 0.1) is 0 Å². The van der Waals surface area contributed by atoms with E-state index < -0.39 is 0 Å². The van der Waals surface area contributed by atoms with Crippen LogP contribution in [-0.4, -0.2) is 29.9 Å². The number of amides is 2. The number of carbonyl (C=O) groups is 2. The maximum atomic E-state index is 12.5. The number of nitrogens with one attached hydrogen (secondary N) is 2. The predicted octanol–water partition coefficient (Wildman–Crippen LogP) is 4.23. The first kappa shape index (κ1) is 19.9. The number of likely N-dealkylation sites (N-methyl/N-ethyl adjacent to an activating group) is 1. The minimum Gasteiger partial charge on any atom is -0.484 e. The molecule has 6 nitrogen and oxygen atoms in total. The van der Waals surface area contributed by atoms with Crippen LogP contribution in [-0.2, 0) is 4.79 Å². The average molecular weight is 416 g/mol. The van der Waals surface area contributed by atoms with Crippen molar-refractivity contribution in [3.8, 4) is 16.3 Å². The van der Waals surface area contributed by atoms with E-state index in [0.717, 1.165) is 10.6 Å². The number of hydrogen-bond donors (Lipinski definition) is 2. The molecule has 3 aromatic rings. The molecule has 1 heterocycles. The summed E-state index contributed by atoms with van der Waals surface area (Å²) >= 11 is 7.28. The Morgan fingerprint density at radius 3 is 2.71 bits per heavy atom. The fraction of sp³-hybridized carbons (Fsp3) is 0.150. The number of halogens is 1. The van der Waals surface area contributed by atoms with Crippen LogP contribution in [0.2, 0.25) is 5.02 Å². The zero-order valence-electron chi connectivity index (χ0n) is 15.1. The molecule has 0 aliphatic heterocycles. The summed E-state index contributed by atoms with van der Waals surface area (Å²) in [7, 11) is 0. The summed E-state index contributed by atoms with van der Waals surface area (Å²) in [6.07, 6.45) is 0. The van der Waals surface area contributed by atoms with Gasteiger partial charge in [-0.2, -0.15) is 0 Å². The van der Waals surface area contributed by atoms with E-state index in [0.29, 0.717) is 28.7 Å². The quantitative estimate of drug-likeness (QED) is 0.605. The fourth-order valence-electron chi connectivity index (χ4n) is 2.36.